The number of aromatic nitrogens is 2. The van der Waals surface area contributed by atoms with Crippen molar-refractivity contribution in [2.75, 3.05) is 25.6 Å². The van der Waals surface area contributed by atoms with Gasteiger partial charge in [0.15, 0.2) is 0 Å². The van der Waals surface area contributed by atoms with Crippen LogP contribution >= 0.6 is 0 Å². The zero-order chi connectivity index (χ0) is 10.4. The monoisotopic (exact) mass is 195 g/mol. The van der Waals surface area contributed by atoms with Gasteiger partial charge in [0.25, 0.3) is 0 Å². The number of nitrogens with zero attached hydrogens (tertiary/aromatic N) is 2. The molecule has 0 saturated heterocycles. The van der Waals surface area contributed by atoms with Crippen LogP contribution in [0.1, 0.15) is 18.4 Å². The Hall–Kier alpha value is -1.16. The van der Waals surface area contributed by atoms with E-state index in [1.807, 2.05) is 27.0 Å². The molecule has 0 aliphatic carbocycles. The Balaban J connectivity index is 2.62. The van der Waals surface area contributed by atoms with Gasteiger partial charge >= 0.3 is 0 Å². The van der Waals surface area contributed by atoms with E-state index in [0.717, 1.165) is 30.4 Å². The number of nitrogens with one attached hydrogen (secondary N) is 1. The van der Waals surface area contributed by atoms with Gasteiger partial charge in [-0.3, -0.25) is 0 Å². The fourth-order valence-electron chi connectivity index (χ4n) is 1.18. The Morgan fingerprint density at radius 2 is 2.21 bits per heavy atom. The molecule has 0 amide bonds. The summed E-state index contributed by atoms with van der Waals surface area (Å²) in [6, 6.07) is 1.92. The van der Waals surface area contributed by atoms with Gasteiger partial charge in [-0.25, -0.2) is 9.97 Å². The van der Waals surface area contributed by atoms with Gasteiger partial charge in [0.1, 0.15) is 11.6 Å². The summed E-state index contributed by atoms with van der Waals surface area (Å²) in [5.74, 6) is 1.70. The molecule has 0 atom stereocenters. The summed E-state index contributed by atoms with van der Waals surface area (Å²) < 4.78 is 5.25. The van der Waals surface area contributed by atoms with E-state index in [1.54, 1.807) is 0 Å². The second-order valence-corrected chi connectivity index (χ2v) is 3.01. The van der Waals surface area contributed by atoms with E-state index in [0.29, 0.717) is 6.61 Å². The minimum absolute atomic E-state index is 0.684. The number of rotatable bonds is 5. The first kappa shape index (κ1) is 10.9. The molecule has 1 aromatic heterocycles. The molecule has 4 nitrogen and oxygen atoms in total. The highest BCUT2D eigenvalue weighted by molar-refractivity contribution is 5.34. The van der Waals surface area contributed by atoms with Gasteiger partial charge in [-0.2, -0.15) is 0 Å². The molecule has 0 radical (unpaired) electrons. The third-order valence-corrected chi connectivity index (χ3v) is 1.83. The first-order valence-corrected chi connectivity index (χ1v) is 4.86. The minimum Gasteiger partial charge on any atom is -0.381 e. The van der Waals surface area contributed by atoms with E-state index < -0.39 is 0 Å². The van der Waals surface area contributed by atoms with Gasteiger partial charge in [0.05, 0.1) is 6.61 Å². The van der Waals surface area contributed by atoms with Gasteiger partial charge < -0.3 is 10.1 Å². The third kappa shape index (κ3) is 3.30. The first-order valence-electron chi connectivity index (χ1n) is 4.86. The summed E-state index contributed by atoms with van der Waals surface area (Å²) in [5, 5.41) is 3.01. The Kier molecular flexibility index (Phi) is 4.32. The maximum absolute atomic E-state index is 5.25. The van der Waals surface area contributed by atoms with Gasteiger partial charge in [0, 0.05) is 31.8 Å². The molecule has 1 aromatic rings. The fraction of sp³-hybridized carbons (Fsp3) is 0.600. The van der Waals surface area contributed by atoms with Crippen molar-refractivity contribution in [1.29, 1.82) is 0 Å². The van der Waals surface area contributed by atoms with Crippen molar-refractivity contribution in [2.45, 2.75) is 20.3 Å². The summed E-state index contributed by atoms with van der Waals surface area (Å²) >= 11 is 0. The molecular formula is C10H17N3O. The van der Waals surface area contributed by atoms with Crippen LogP contribution in [-0.2, 0) is 11.2 Å². The van der Waals surface area contributed by atoms with Crippen LogP contribution in [0.25, 0.3) is 0 Å². The quantitative estimate of drug-likeness (QED) is 0.721. The number of anilines is 1. The van der Waals surface area contributed by atoms with Gasteiger partial charge in [-0.15, -0.1) is 0 Å². The molecule has 1 heterocycles. The van der Waals surface area contributed by atoms with Crippen molar-refractivity contribution in [1.82, 2.24) is 9.97 Å². The van der Waals surface area contributed by atoms with Crippen LogP contribution < -0.4 is 5.32 Å². The topological polar surface area (TPSA) is 47.0 Å². The van der Waals surface area contributed by atoms with Crippen molar-refractivity contribution in [3.05, 3.63) is 17.6 Å². The number of aryl methyl sites for hydroxylation is 1. The lowest BCUT2D eigenvalue weighted by molar-refractivity contribution is 0.149. The molecule has 1 N–H and O–H groups in total. The zero-order valence-corrected chi connectivity index (χ0v) is 9.00. The van der Waals surface area contributed by atoms with E-state index in [4.69, 9.17) is 4.74 Å². The van der Waals surface area contributed by atoms with E-state index in [9.17, 15) is 0 Å². The summed E-state index contributed by atoms with van der Waals surface area (Å²) in [5.41, 5.74) is 0.982. The Bertz CT molecular complexity index is 289. The van der Waals surface area contributed by atoms with Crippen LogP contribution in [0.2, 0.25) is 0 Å². The molecule has 14 heavy (non-hydrogen) atoms. The van der Waals surface area contributed by atoms with Gasteiger partial charge in [0.2, 0.25) is 0 Å². The number of ether oxygens (including phenoxy) is 1. The molecule has 4 heteroatoms. The van der Waals surface area contributed by atoms with Crippen LogP contribution in [-0.4, -0.2) is 30.2 Å². The predicted molar refractivity (Wildman–Crippen MR) is 56.5 cm³/mol. The molecule has 78 valence electrons. The van der Waals surface area contributed by atoms with Crippen LogP contribution in [0.3, 0.4) is 0 Å². The third-order valence-electron chi connectivity index (χ3n) is 1.83. The normalized spacial score (nSPS) is 10.2. The van der Waals surface area contributed by atoms with Crippen molar-refractivity contribution in [2.24, 2.45) is 0 Å². The molecule has 0 aromatic carbocycles. The van der Waals surface area contributed by atoms with Crippen molar-refractivity contribution in [3.8, 4) is 0 Å². The molecule has 0 saturated carbocycles. The molecular weight excluding hydrogens is 178 g/mol. The van der Waals surface area contributed by atoms with Crippen LogP contribution in [0.15, 0.2) is 6.07 Å². The average molecular weight is 195 g/mol. The average Bonchev–Trinajstić information content (AvgIpc) is 2.17. The summed E-state index contributed by atoms with van der Waals surface area (Å²) in [7, 11) is 1.86. The standard InChI is InChI=1S/C10H17N3O/c1-4-14-6-5-9-12-8(2)7-10(11-3)13-9/h7H,4-6H2,1-3H3,(H,11,12,13). The van der Waals surface area contributed by atoms with Crippen molar-refractivity contribution in [3.63, 3.8) is 0 Å². The molecule has 0 spiro atoms. The minimum atomic E-state index is 0.684. The summed E-state index contributed by atoms with van der Waals surface area (Å²) in [6.45, 7) is 5.37. The highest BCUT2D eigenvalue weighted by Gasteiger charge is 2.00. The highest BCUT2D eigenvalue weighted by atomic mass is 16.5. The molecule has 0 fully saturated rings. The Labute approximate surface area is 84.7 Å². The molecule has 0 aliphatic heterocycles. The Morgan fingerprint density at radius 3 is 2.86 bits per heavy atom. The number of hydrogen-bond donors (Lipinski definition) is 1. The molecule has 1 rings (SSSR count). The molecule has 0 unspecified atom stereocenters. The van der Waals surface area contributed by atoms with Crippen LogP contribution in [0.4, 0.5) is 5.82 Å². The van der Waals surface area contributed by atoms with E-state index in [1.165, 1.54) is 0 Å². The highest BCUT2D eigenvalue weighted by Crippen LogP contribution is 2.05. The van der Waals surface area contributed by atoms with E-state index >= 15 is 0 Å². The molecule has 0 bridgehead atoms. The van der Waals surface area contributed by atoms with Gasteiger partial charge in [-0.05, 0) is 13.8 Å². The lowest BCUT2D eigenvalue weighted by Gasteiger charge is -2.05. The predicted octanol–water partition coefficient (Wildman–Crippen LogP) is 1.41. The largest absolute Gasteiger partial charge is 0.381 e. The SMILES string of the molecule is CCOCCc1nc(C)cc(NC)n1. The molecule has 0 aliphatic rings. The second kappa shape index (κ2) is 5.54. The first-order chi connectivity index (χ1) is 6.76. The van der Waals surface area contributed by atoms with Gasteiger partial charge in [-0.1, -0.05) is 0 Å². The van der Waals surface area contributed by atoms with E-state index in [-0.39, 0.29) is 0 Å². The van der Waals surface area contributed by atoms with Crippen molar-refractivity contribution < 1.29 is 4.74 Å². The Morgan fingerprint density at radius 1 is 1.43 bits per heavy atom. The maximum Gasteiger partial charge on any atom is 0.133 e. The zero-order valence-electron chi connectivity index (χ0n) is 9.00. The maximum atomic E-state index is 5.25. The summed E-state index contributed by atoms with van der Waals surface area (Å²) in [6.07, 6.45) is 0.768. The lowest BCUT2D eigenvalue weighted by Crippen LogP contribution is -2.05. The van der Waals surface area contributed by atoms with Crippen LogP contribution in [0, 0.1) is 6.92 Å². The summed E-state index contributed by atoms with van der Waals surface area (Å²) in [4.78, 5) is 8.64. The lowest BCUT2D eigenvalue weighted by atomic mass is 10.3. The smallest absolute Gasteiger partial charge is 0.133 e. The second-order valence-electron chi connectivity index (χ2n) is 3.01. The van der Waals surface area contributed by atoms with E-state index in [2.05, 4.69) is 15.3 Å². The number of hydrogen-bond acceptors (Lipinski definition) is 4. The van der Waals surface area contributed by atoms with Crippen molar-refractivity contribution >= 4 is 5.82 Å². The fourth-order valence-corrected chi connectivity index (χ4v) is 1.18. The van der Waals surface area contributed by atoms with Crippen LogP contribution in [0.5, 0.6) is 0 Å².